The van der Waals surface area contributed by atoms with Gasteiger partial charge in [-0.25, -0.2) is 13.2 Å². The molecular formula is C24H35NO4S. The van der Waals surface area contributed by atoms with Gasteiger partial charge in [-0.15, -0.1) is 0 Å². The van der Waals surface area contributed by atoms with E-state index in [0.717, 1.165) is 45.2 Å². The van der Waals surface area contributed by atoms with E-state index in [9.17, 15) is 13.2 Å². The number of likely N-dealkylation sites (tertiary alicyclic amines) is 1. The third-order valence-corrected chi connectivity index (χ3v) is 6.98. The zero-order chi connectivity index (χ0) is 21.7. The van der Waals surface area contributed by atoms with Crippen LogP contribution in [0.2, 0.25) is 0 Å². The summed E-state index contributed by atoms with van der Waals surface area (Å²) in [7, 11) is -3.94. The Morgan fingerprint density at radius 3 is 2.30 bits per heavy atom. The summed E-state index contributed by atoms with van der Waals surface area (Å²) in [6.45, 7) is 4.33. The number of allylic oxidation sites excluding steroid dienone is 2. The fourth-order valence-corrected chi connectivity index (χ4v) is 4.74. The van der Waals surface area contributed by atoms with Gasteiger partial charge in [-0.05, 0) is 49.7 Å². The minimum absolute atomic E-state index is 0.0960. The molecule has 30 heavy (non-hydrogen) atoms. The van der Waals surface area contributed by atoms with Crippen LogP contribution in [0.25, 0.3) is 0 Å². The Morgan fingerprint density at radius 2 is 1.63 bits per heavy atom. The average Bonchev–Trinajstić information content (AvgIpc) is 3.27. The molecule has 1 fully saturated rings. The second kappa shape index (κ2) is 13.3. The topological polar surface area (TPSA) is 63.7 Å². The van der Waals surface area contributed by atoms with E-state index in [1.165, 1.54) is 43.9 Å². The second-order valence-corrected chi connectivity index (χ2v) is 9.61. The highest BCUT2D eigenvalue weighted by molar-refractivity contribution is 7.96. The lowest BCUT2D eigenvalue weighted by Gasteiger charge is -2.11. The molecular weight excluding hydrogens is 398 g/mol. The van der Waals surface area contributed by atoms with E-state index in [-0.39, 0.29) is 16.4 Å². The Morgan fingerprint density at radius 1 is 1.00 bits per heavy atom. The van der Waals surface area contributed by atoms with Crippen LogP contribution in [0.4, 0.5) is 0 Å². The van der Waals surface area contributed by atoms with Crippen LogP contribution in [0, 0.1) is 0 Å². The molecule has 1 aliphatic heterocycles. The molecule has 1 heterocycles. The number of sulfone groups is 1. The van der Waals surface area contributed by atoms with E-state index in [1.54, 1.807) is 24.3 Å². The maximum Gasteiger partial charge on any atom is 0.350 e. The first-order valence-electron chi connectivity index (χ1n) is 11.2. The van der Waals surface area contributed by atoms with Crippen LogP contribution < -0.4 is 0 Å². The molecule has 1 saturated heterocycles. The van der Waals surface area contributed by atoms with Gasteiger partial charge in [0.05, 0.1) is 11.5 Å². The molecule has 0 aliphatic carbocycles. The lowest BCUT2D eigenvalue weighted by Crippen LogP contribution is -2.17. The molecule has 2 rings (SSSR count). The monoisotopic (exact) mass is 433 g/mol. The fraction of sp³-hybridized carbons (Fsp3) is 0.542. The summed E-state index contributed by atoms with van der Waals surface area (Å²) in [5.41, 5.74) is 0. The third kappa shape index (κ3) is 7.98. The molecule has 0 unspecified atom stereocenters. The van der Waals surface area contributed by atoms with E-state index in [0.29, 0.717) is 0 Å². The number of ether oxygens (including phenoxy) is 1. The van der Waals surface area contributed by atoms with E-state index in [1.807, 2.05) is 6.20 Å². The summed E-state index contributed by atoms with van der Waals surface area (Å²) in [5, 5.41) is 0. The zero-order valence-corrected chi connectivity index (χ0v) is 18.9. The van der Waals surface area contributed by atoms with Crippen molar-refractivity contribution in [3.05, 3.63) is 53.6 Å². The molecule has 0 aromatic heterocycles. The molecule has 0 N–H and O–H groups in total. The quantitative estimate of drug-likeness (QED) is 0.184. The molecule has 1 aromatic rings. The summed E-state index contributed by atoms with van der Waals surface area (Å²) in [5.74, 6) is -0.782. The van der Waals surface area contributed by atoms with Gasteiger partial charge in [0.1, 0.15) is 0 Å². The molecule has 166 valence electrons. The zero-order valence-electron chi connectivity index (χ0n) is 18.1. The van der Waals surface area contributed by atoms with Crippen LogP contribution in [0.5, 0.6) is 0 Å². The normalized spacial score (nSPS) is 15.1. The van der Waals surface area contributed by atoms with Crippen LogP contribution in [-0.2, 0) is 19.4 Å². The number of esters is 1. The molecule has 0 saturated carbocycles. The van der Waals surface area contributed by atoms with Crippen molar-refractivity contribution in [2.75, 3.05) is 19.7 Å². The maximum absolute atomic E-state index is 13.0. The van der Waals surface area contributed by atoms with Crippen molar-refractivity contribution in [1.29, 1.82) is 0 Å². The predicted octanol–water partition coefficient (Wildman–Crippen LogP) is 5.25. The van der Waals surface area contributed by atoms with Gasteiger partial charge in [-0.3, -0.25) is 0 Å². The fourth-order valence-electron chi connectivity index (χ4n) is 3.43. The first-order valence-corrected chi connectivity index (χ1v) is 12.6. The molecule has 0 atom stereocenters. The Bertz CT molecular complexity index is 794. The molecule has 0 amide bonds. The highest BCUT2D eigenvalue weighted by atomic mass is 32.2. The van der Waals surface area contributed by atoms with Crippen LogP contribution >= 0.6 is 0 Å². The van der Waals surface area contributed by atoms with Crippen molar-refractivity contribution in [3.63, 3.8) is 0 Å². The van der Waals surface area contributed by atoms with Gasteiger partial charge in [0.25, 0.3) is 0 Å². The van der Waals surface area contributed by atoms with E-state index < -0.39 is 15.8 Å². The second-order valence-electron chi connectivity index (χ2n) is 7.69. The number of unbranched alkanes of at least 4 members (excludes halogenated alkanes) is 6. The number of benzene rings is 1. The molecule has 5 nitrogen and oxygen atoms in total. The molecule has 0 radical (unpaired) electrons. The van der Waals surface area contributed by atoms with Crippen molar-refractivity contribution in [2.45, 2.75) is 69.6 Å². The van der Waals surface area contributed by atoms with Crippen molar-refractivity contribution in [2.24, 2.45) is 0 Å². The summed E-state index contributed by atoms with van der Waals surface area (Å²) in [6.07, 6.45) is 14.9. The smallest absolute Gasteiger partial charge is 0.350 e. The summed E-state index contributed by atoms with van der Waals surface area (Å²) in [6, 6.07) is 8.03. The van der Waals surface area contributed by atoms with Crippen LogP contribution in [-0.4, -0.2) is 39.0 Å². The van der Waals surface area contributed by atoms with Crippen LogP contribution in [0.15, 0.2) is 58.5 Å². The Kier molecular flexibility index (Phi) is 10.7. The number of nitrogens with zero attached hydrogens (tertiary/aromatic N) is 1. The minimum Gasteiger partial charge on any atom is -0.462 e. The standard InChI is InChI=1S/C24H35NO4S/c1-2-3-4-5-6-7-13-21-29-24(26)23(17-14-20-25-18-11-12-19-25)30(27,28)22-15-9-8-10-16-22/h8-10,14-17,20H,2-7,11-13,18-19,21H2,1H3. The van der Waals surface area contributed by atoms with Gasteiger partial charge in [-0.1, -0.05) is 63.6 Å². The van der Waals surface area contributed by atoms with Gasteiger partial charge >= 0.3 is 5.97 Å². The molecule has 1 aliphatic rings. The summed E-state index contributed by atoms with van der Waals surface area (Å²) < 4.78 is 31.4. The van der Waals surface area contributed by atoms with Gasteiger partial charge in [0.15, 0.2) is 4.91 Å². The first-order chi connectivity index (χ1) is 14.6. The molecule has 0 spiro atoms. The van der Waals surface area contributed by atoms with Gasteiger partial charge in [0, 0.05) is 13.1 Å². The summed E-state index contributed by atoms with van der Waals surface area (Å²) in [4.78, 5) is 14.5. The lowest BCUT2D eigenvalue weighted by atomic mass is 10.1. The number of rotatable bonds is 13. The molecule has 0 bridgehead atoms. The maximum atomic E-state index is 13.0. The van der Waals surface area contributed by atoms with Crippen molar-refractivity contribution >= 4 is 15.8 Å². The largest absolute Gasteiger partial charge is 0.462 e. The number of carbonyl (C=O) groups is 1. The number of hydrogen-bond acceptors (Lipinski definition) is 5. The van der Waals surface area contributed by atoms with Crippen LogP contribution in [0.3, 0.4) is 0 Å². The Labute approximate surface area is 181 Å². The molecule has 1 aromatic carbocycles. The lowest BCUT2D eigenvalue weighted by molar-refractivity contribution is -0.138. The number of carbonyl (C=O) groups excluding carboxylic acids is 1. The van der Waals surface area contributed by atoms with E-state index in [4.69, 9.17) is 4.74 Å². The van der Waals surface area contributed by atoms with Crippen LogP contribution in [0.1, 0.15) is 64.7 Å². The average molecular weight is 434 g/mol. The summed E-state index contributed by atoms with van der Waals surface area (Å²) >= 11 is 0. The minimum atomic E-state index is -3.94. The van der Waals surface area contributed by atoms with Crippen molar-refractivity contribution < 1.29 is 17.9 Å². The Balaban J connectivity index is 1.99. The Hall–Kier alpha value is -2.08. The molecule has 6 heteroatoms. The number of hydrogen-bond donors (Lipinski definition) is 0. The van der Waals surface area contributed by atoms with Gasteiger partial charge < -0.3 is 9.64 Å². The first kappa shape index (κ1) is 24.2. The van der Waals surface area contributed by atoms with Crippen molar-refractivity contribution in [1.82, 2.24) is 4.90 Å². The highest BCUT2D eigenvalue weighted by Crippen LogP contribution is 2.21. The SMILES string of the molecule is CCCCCCCCCOC(=O)C(=CC=CN1CCCC1)S(=O)(=O)c1ccccc1. The van der Waals surface area contributed by atoms with E-state index in [2.05, 4.69) is 11.8 Å². The van der Waals surface area contributed by atoms with Crippen molar-refractivity contribution in [3.8, 4) is 0 Å². The third-order valence-electron chi connectivity index (χ3n) is 5.21. The van der Waals surface area contributed by atoms with Gasteiger partial charge in [-0.2, -0.15) is 0 Å². The predicted molar refractivity (Wildman–Crippen MR) is 121 cm³/mol. The highest BCUT2D eigenvalue weighted by Gasteiger charge is 2.27. The van der Waals surface area contributed by atoms with Gasteiger partial charge in [0.2, 0.25) is 9.84 Å². The van der Waals surface area contributed by atoms with E-state index >= 15 is 0 Å².